The molecule has 0 aromatic heterocycles. The van der Waals surface area contributed by atoms with Gasteiger partial charge in [-0.15, -0.1) is 0 Å². The van der Waals surface area contributed by atoms with Crippen molar-refractivity contribution in [3.05, 3.63) is 61.7 Å². The minimum absolute atomic E-state index is 0.0901. The van der Waals surface area contributed by atoms with E-state index >= 15 is 0 Å². The number of carbonyl (C=O) groups is 2. The van der Waals surface area contributed by atoms with Crippen LogP contribution in [0.4, 0.5) is 11.4 Å². The predicted molar refractivity (Wildman–Crippen MR) is 108 cm³/mol. The van der Waals surface area contributed by atoms with Crippen molar-refractivity contribution in [1.82, 2.24) is 0 Å². The molecular formula is C18H12Cl4N2O3. The fourth-order valence-electron chi connectivity index (χ4n) is 2.56. The lowest BCUT2D eigenvalue weighted by molar-refractivity contribution is -0.120. The lowest BCUT2D eigenvalue weighted by atomic mass is 10.2. The Kier molecular flexibility index (Phi) is 5.58. The van der Waals surface area contributed by atoms with Crippen LogP contribution in [0.5, 0.6) is 5.75 Å². The van der Waals surface area contributed by atoms with Gasteiger partial charge >= 0.3 is 0 Å². The Morgan fingerprint density at radius 2 is 1.67 bits per heavy atom. The molecule has 2 amide bonds. The Labute approximate surface area is 175 Å². The maximum atomic E-state index is 12.9. The molecular weight excluding hydrogens is 434 g/mol. The average molecular weight is 446 g/mol. The molecule has 0 saturated heterocycles. The van der Waals surface area contributed by atoms with E-state index in [1.54, 1.807) is 19.1 Å². The third kappa shape index (κ3) is 3.60. The molecule has 27 heavy (non-hydrogen) atoms. The summed E-state index contributed by atoms with van der Waals surface area (Å²) in [6.07, 6.45) is 0. The molecule has 1 N–H and O–H groups in total. The van der Waals surface area contributed by atoms with Crippen LogP contribution in [0.25, 0.3) is 0 Å². The number of halogens is 4. The fourth-order valence-corrected chi connectivity index (χ4v) is 3.42. The Morgan fingerprint density at radius 1 is 0.963 bits per heavy atom. The maximum absolute atomic E-state index is 12.9. The second kappa shape index (κ2) is 7.60. The SMILES string of the molecule is COc1cc(Cl)c(C)cc1NC1=C(Cl)C(=O)N(c2ccc(Cl)cc2Cl)C1=O. The Morgan fingerprint density at radius 3 is 2.30 bits per heavy atom. The first-order valence-corrected chi connectivity index (χ1v) is 9.10. The van der Waals surface area contributed by atoms with Gasteiger partial charge in [-0.2, -0.15) is 0 Å². The first-order valence-electron chi connectivity index (χ1n) is 7.59. The zero-order chi connectivity index (χ0) is 19.9. The lowest BCUT2D eigenvalue weighted by Gasteiger charge is -2.17. The number of aryl methyl sites for hydroxylation is 1. The van der Waals surface area contributed by atoms with Gasteiger partial charge in [-0.05, 0) is 36.8 Å². The molecule has 0 radical (unpaired) electrons. The minimum Gasteiger partial charge on any atom is -0.495 e. The number of anilines is 2. The van der Waals surface area contributed by atoms with Gasteiger partial charge in [0.1, 0.15) is 16.5 Å². The van der Waals surface area contributed by atoms with E-state index in [0.29, 0.717) is 21.5 Å². The van der Waals surface area contributed by atoms with Gasteiger partial charge in [-0.25, -0.2) is 4.90 Å². The van der Waals surface area contributed by atoms with Crippen LogP contribution in [0.3, 0.4) is 0 Å². The van der Waals surface area contributed by atoms with Gasteiger partial charge in [-0.1, -0.05) is 46.4 Å². The molecule has 0 atom stereocenters. The lowest BCUT2D eigenvalue weighted by Crippen LogP contribution is -2.32. The van der Waals surface area contributed by atoms with Crippen LogP contribution >= 0.6 is 46.4 Å². The number of rotatable bonds is 4. The van der Waals surface area contributed by atoms with Gasteiger partial charge in [0.25, 0.3) is 11.8 Å². The van der Waals surface area contributed by atoms with E-state index in [9.17, 15) is 9.59 Å². The number of hydrogen-bond donors (Lipinski definition) is 1. The zero-order valence-corrected chi connectivity index (χ0v) is 17.1. The second-order valence-corrected chi connectivity index (χ2v) is 7.29. The molecule has 0 bridgehead atoms. The van der Waals surface area contributed by atoms with Crippen LogP contribution in [0.15, 0.2) is 41.1 Å². The summed E-state index contributed by atoms with van der Waals surface area (Å²) in [7, 11) is 1.46. The van der Waals surface area contributed by atoms with E-state index in [1.165, 1.54) is 25.3 Å². The topological polar surface area (TPSA) is 58.6 Å². The van der Waals surface area contributed by atoms with Crippen molar-refractivity contribution in [3.63, 3.8) is 0 Å². The number of methoxy groups -OCH3 is 1. The highest BCUT2D eigenvalue weighted by molar-refractivity contribution is 6.54. The molecule has 0 fully saturated rings. The smallest absolute Gasteiger partial charge is 0.283 e. The molecule has 1 aliphatic heterocycles. The Balaban J connectivity index is 1.99. The van der Waals surface area contributed by atoms with Crippen LogP contribution in [-0.4, -0.2) is 18.9 Å². The highest BCUT2D eigenvalue weighted by Crippen LogP contribution is 2.37. The maximum Gasteiger partial charge on any atom is 0.283 e. The van der Waals surface area contributed by atoms with Crippen LogP contribution in [0.1, 0.15) is 5.56 Å². The second-order valence-electron chi connectivity index (χ2n) is 5.66. The molecule has 0 unspecified atom stereocenters. The van der Waals surface area contributed by atoms with Crippen molar-refractivity contribution in [2.24, 2.45) is 0 Å². The zero-order valence-electron chi connectivity index (χ0n) is 14.1. The number of nitrogens with one attached hydrogen (secondary N) is 1. The van der Waals surface area contributed by atoms with E-state index < -0.39 is 11.8 Å². The number of carbonyl (C=O) groups excluding carboxylic acids is 2. The third-order valence-corrected chi connectivity index (χ3v) is 5.21. The first-order chi connectivity index (χ1) is 12.7. The van der Waals surface area contributed by atoms with Gasteiger partial charge in [0.15, 0.2) is 0 Å². The molecule has 9 heteroatoms. The van der Waals surface area contributed by atoms with Crippen molar-refractivity contribution < 1.29 is 14.3 Å². The number of imide groups is 1. The van der Waals surface area contributed by atoms with E-state index in [1.807, 2.05) is 0 Å². The van der Waals surface area contributed by atoms with Gasteiger partial charge in [-0.3, -0.25) is 9.59 Å². The van der Waals surface area contributed by atoms with Gasteiger partial charge < -0.3 is 10.1 Å². The molecule has 0 saturated carbocycles. The predicted octanol–water partition coefficient (Wildman–Crippen LogP) is 5.40. The average Bonchev–Trinajstić information content (AvgIpc) is 2.82. The quantitative estimate of drug-likeness (QED) is 0.640. The summed E-state index contributed by atoms with van der Waals surface area (Å²) in [5, 5.41) is 3.63. The molecule has 2 aromatic carbocycles. The molecule has 1 aliphatic rings. The molecule has 0 spiro atoms. The molecule has 140 valence electrons. The van der Waals surface area contributed by atoms with Crippen molar-refractivity contribution in [1.29, 1.82) is 0 Å². The molecule has 2 aromatic rings. The van der Waals surface area contributed by atoms with Crippen molar-refractivity contribution >= 4 is 69.6 Å². The first kappa shape index (κ1) is 19.8. The number of ether oxygens (including phenoxy) is 1. The molecule has 5 nitrogen and oxygen atoms in total. The van der Waals surface area contributed by atoms with Crippen LogP contribution in [-0.2, 0) is 9.59 Å². The Hall–Kier alpha value is -1.92. The molecule has 1 heterocycles. The highest BCUT2D eigenvalue weighted by atomic mass is 35.5. The monoisotopic (exact) mass is 444 g/mol. The van der Waals surface area contributed by atoms with Gasteiger partial charge in [0, 0.05) is 16.1 Å². The van der Waals surface area contributed by atoms with Crippen LogP contribution in [0, 0.1) is 6.92 Å². The summed E-state index contributed by atoms with van der Waals surface area (Å²) in [5.41, 5.74) is 1.29. The molecule has 0 aliphatic carbocycles. The summed E-state index contributed by atoms with van der Waals surface area (Å²) < 4.78 is 5.27. The third-order valence-electron chi connectivity index (χ3n) is 3.92. The fraction of sp³-hybridized carbons (Fsp3) is 0.111. The van der Waals surface area contributed by atoms with E-state index in [4.69, 9.17) is 51.1 Å². The van der Waals surface area contributed by atoms with Crippen molar-refractivity contribution in [3.8, 4) is 5.75 Å². The summed E-state index contributed by atoms with van der Waals surface area (Å²) >= 11 is 24.2. The number of benzene rings is 2. The van der Waals surface area contributed by atoms with Crippen LogP contribution in [0.2, 0.25) is 15.1 Å². The van der Waals surface area contributed by atoms with Crippen molar-refractivity contribution in [2.45, 2.75) is 6.92 Å². The minimum atomic E-state index is -0.696. The standard InChI is InChI=1S/C18H12Cl4N2O3/c1-8-5-12(14(27-2)7-10(8)20)23-16-15(22)17(25)24(18(16)26)13-4-3-9(19)6-11(13)21/h3-7,23H,1-2H3. The van der Waals surface area contributed by atoms with E-state index in [2.05, 4.69) is 5.32 Å². The van der Waals surface area contributed by atoms with Crippen molar-refractivity contribution in [2.75, 3.05) is 17.3 Å². The number of hydrogen-bond acceptors (Lipinski definition) is 4. The highest BCUT2D eigenvalue weighted by Gasteiger charge is 2.40. The summed E-state index contributed by atoms with van der Waals surface area (Å²) in [5.74, 6) is -0.951. The van der Waals surface area contributed by atoms with Gasteiger partial charge in [0.05, 0.1) is 23.5 Å². The summed E-state index contributed by atoms with van der Waals surface area (Å²) in [4.78, 5) is 26.3. The largest absolute Gasteiger partial charge is 0.495 e. The number of amides is 2. The summed E-state index contributed by atoms with van der Waals surface area (Å²) in [6.45, 7) is 1.80. The van der Waals surface area contributed by atoms with E-state index in [0.717, 1.165) is 10.5 Å². The summed E-state index contributed by atoms with van der Waals surface area (Å²) in [6, 6.07) is 7.72. The van der Waals surface area contributed by atoms with E-state index in [-0.39, 0.29) is 21.4 Å². The van der Waals surface area contributed by atoms with Crippen LogP contribution < -0.4 is 15.0 Å². The number of nitrogens with zero attached hydrogens (tertiary/aromatic N) is 1. The Bertz CT molecular complexity index is 1000. The van der Waals surface area contributed by atoms with Gasteiger partial charge in [0.2, 0.25) is 0 Å². The normalized spacial score (nSPS) is 14.2. The molecule has 3 rings (SSSR count).